The third-order valence-corrected chi connectivity index (χ3v) is 7.56. The van der Waals surface area contributed by atoms with Crippen LogP contribution >= 0.6 is 0 Å². The summed E-state index contributed by atoms with van der Waals surface area (Å²) in [5.41, 5.74) is 6.36. The molecule has 2 aromatic carbocycles. The predicted molar refractivity (Wildman–Crippen MR) is 151 cm³/mol. The molecule has 0 atom stereocenters. The Balaban J connectivity index is 1.04. The monoisotopic (exact) mass is 574 g/mol. The number of carbonyl (C=O) groups is 2. The van der Waals surface area contributed by atoms with Crippen molar-refractivity contribution in [2.45, 2.75) is 26.7 Å². The minimum absolute atomic E-state index is 0.329. The number of hydrogen-bond donors (Lipinski definition) is 0. The number of rotatable bonds is 6. The number of halogens is 2. The zero-order chi connectivity index (χ0) is 29.4. The van der Waals surface area contributed by atoms with Gasteiger partial charge in [0.25, 0.3) is 0 Å². The molecule has 0 saturated heterocycles. The van der Waals surface area contributed by atoms with Crippen LogP contribution in [0.5, 0.6) is 0 Å². The van der Waals surface area contributed by atoms with E-state index in [0.29, 0.717) is 72.1 Å². The number of furan rings is 2. The van der Waals surface area contributed by atoms with Crippen molar-refractivity contribution in [1.82, 2.24) is 10.1 Å². The molecular weight excluding hydrogens is 546 g/mol. The van der Waals surface area contributed by atoms with E-state index in [1.807, 2.05) is 13.8 Å². The molecule has 0 unspecified atom stereocenters. The average molecular weight is 575 g/mol. The van der Waals surface area contributed by atoms with Crippen molar-refractivity contribution in [2.75, 3.05) is 26.2 Å². The molecule has 0 amide bonds. The van der Waals surface area contributed by atoms with Crippen LogP contribution in [-0.2, 0) is 19.3 Å². The third kappa shape index (κ3) is 5.63. The molecule has 2 aliphatic rings. The second-order valence-electron chi connectivity index (χ2n) is 10.5. The molecule has 4 heterocycles. The van der Waals surface area contributed by atoms with E-state index in [9.17, 15) is 18.4 Å². The second kappa shape index (κ2) is 11.4. The Morgan fingerprint density at radius 1 is 0.738 bits per heavy atom. The normalized spacial score (nSPS) is 17.1. The highest BCUT2D eigenvalue weighted by molar-refractivity contribution is 5.93. The molecule has 0 fully saturated rings. The number of benzene rings is 2. The molecule has 8 nitrogen and oxygen atoms in total. The smallest absolute Gasteiger partial charge is 0.349 e. The number of fused-ring (bicyclic) bond motifs is 2. The van der Waals surface area contributed by atoms with Gasteiger partial charge < -0.3 is 18.5 Å². The largest absolute Gasteiger partial charge is 0.464 e. The van der Waals surface area contributed by atoms with Crippen LogP contribution in [-0.4, -0.2) is 48.2 Å². The number of nitrogens with zero attached hydrogens (tertiary/aromatic N) is 2. The summed E-state index contributed by atoms with van der Waals surface area (Å²) >= 11 is 0. The van der Waals surface area contributed by atoms with Gasteiger partial charge in [0, 0.05) is 47.1 Å². The molecule has 216 valence electrons. The van der Waals surface area contributed by atoms with Crippen molar-refractivity contribution < 1.29 is 36.9 Å². The summed E-state index contributed by atoms with van der Waals surface area (Å²) in [6, 6.07) is 9.21. The molecule has 6 rings (SSSR count). The van der Waals surface area contributed by atoms with Crippen LogP contribution in [0, 0.1) is 11.6 Å². The Labute approximate surface area is 240 Å². The number of hydrogen-bond acceptors (Lipinski definition) is 8. The highest BCUT2D eigenvalue weighted by atomic mass is 19.1. The van der Waals surface area contributed by atoms with E-state index < -0.39 is 11.9 Å². The van der Waals surface area contributed by atoms with Gasteiger partial charge in [-0.3, -0.25) is 0 Å². The van der Waals surface area contributed by atoms with Gasteiger partial charge in [-0.05, 0) is 74.2 Å². The summed E-state index contributed by atoms with van der Waals surface area (Å²) in [6.45, 7) is 5.24. The van der Waals surface area contributed by atoms with Crippen molar-refractivity contribution in [1.29, 1.82) is 0 Å². The van der Waals surface area contributed by atoms with Gasteiger partial charge in [0.15, 0.2) is 0 Å². The van der Waals surface area contributed by atoms with Crippen molar-refractivity contribution >= 4 is 45.0 Å². The Bertz CT molecular complexity index is 1670. The molecular formula is C32H28F2N2O6. The summed E-state index contributed by atoms with van der Waals surface area (Å²) in [5.74, 6) is -2.12. The zero-order valence-electron chi connectivity index (χ0n) is 23.1. The Kier molecular flexibility index (Phi) is 7.49. The van der Waals surface area contributed by atoms with Gasteiger partial charge in [-0.1, -0.05) is 11.1 Å². The Hall–Kier alpha value is -4.54. The van der Waals surface area contributed by atoms with Crippen molar-refractivity contribution in [3.63, 3.8) is 0 Å². The van der Waals surface area contributed by atoms with Crippen LogP contribution in [0.2, 0.25) is 0 Å². The molecule has 2 aromatic heterocycles. The number of carbonyl (C=O) groups excluding carboxylic acids is 2. The van der Waals surface area contributed by atoms with Gasteiger partial charge in [-0.25, -0.2) is 18.4 Å². The van der Waals surface area contributed by atoms with E-state index >= 15 is 0 Å². The summed E-state index contributed by atoms with van der Waals surface area (Å²) in [4.78, 5) is 35.6. The fraction of sp³-hybridized carbons (Fsp3) is 0.250. The van der Waals surface area contributed by atoms with Crippen LogP contribution in [0.1, 0.15) is 37.8 Å². The minimum Gasteiger partial charge on any atom is -0.464 e. The fourth-order valence-electron chi connectivity index (χ4n) is 5.65. The molecule has 42 heavy (non-hydrogen) atoms. The van der Waals surface area contributed by atoms with Gasteiger partial charge in [-0.2, -0.15) is 0 Å². The molecule has 0 radical (unpaired) electrons. The second-order valence-corrected chi connectivity index (χ2v) is 10.5. The van der Waals surface area contributed by atoms with Gasteiger partial charge in [0.2, 0.25) is 0 Å². The standard InChI is InChI=1S/C32H28F2N2O6/c1-19-17-35(9-5-25(19)27-15-23(33)13-21-7-11-39-31(21)27)41-29(37)3-4-30(38)42-36-10-6-26(20(2)18-36)28-16-24(34)14-22-8-12-40-32(22)28/h3-4,7-8,11-16H,5-6,9-10,17-18H2,1-2H3/b4-3+. The van der Waals surface area contributed by atoms with E-state index in [0.717, 1.165) is 34.4 Å². The first-order chi connectivity index (χ1) is 20.2. The lowest BCUT2D eigenvalue weighted by Crippen LogP contribution is -2.33. The summed E-state index contributed by atoms with van der Waals surface area (Å²) < 4.78 is 39.5. The van der Waals surface area contributed by atoms with Gasteiger partial charge in [-0.15, -0.1) is 10.1 Å². The molecule has 0 saturated carbocycles. The highest BCUT2D eigenvalue weighted by Crippen LogP contribution is 2.35. The van der Waals surface area contributed by atoms with E-state index in [1.54, 1.807) is 12.1 Å². The molecule has 0 spiro atoms. The van der Waals surface area contributed by atoms with Crippen LogP contribution in [0.3, 0.4) is 0 Å². The SMILES string of the molecule is CC1=C(c2cc(F)cc3ccoc23)CCN(OC(=O)/C=C/C(=O)ON2CCC(c3cc(F)cc4ccoc34)=C(C)C2)C1. The fourth-order valence-corrected chi connectivity index (χ4v) is 5.65. The van der Waals surface area contributed by atoms with Crippen LogP contribution in [0.25, 0.3) is 33.1 Å². The molecule has 0 aliphatic carbocycles. The van der Waals surface area contributed by atoms with Crippen molar-refractivity contribution in [3.05, 3.63) is 95.0 Å². The maximum absolute atomic E-state index is 14.2. The maximum atomic E-state index is 14.2. The van der Waals surface area contributed by atoms with Crippen LogP contribution in [0.15, 0.2) is 81.1 Å². The topological polar surface area (TPSA) is 85.4 Å². The van der Waals surface area contributed by atoms with E-state index in [4.69, 9.17) is 18.5 Å². The Morgan fingerprint density at radius 2 is 1.17 bits per heavy atom. The highest BCUT2D eigenvalue weighted by Gasteiger charge is 2.24. The first-order valence-electron chi connectivity index (χ1n) is 13.6. The van der Waals surface area contributed by atoms with Gasteiger partial charge in [0.1, 0.15) is 22.8 Å². The van der Waals surface area contributed by atoms with Crippen LogP contribution < -0.4 is 0 Å². The zero-order valence-corrected chi connectivity index (χ0v) is 23.1. The molecule has 10 heteroatoms. The molecule has 4 aromatic rings. The average Bonchev–Trinajstić information content (AvgIpc) is 3.61. The van der Waals surface area contributed by atoms with Crippen molar-refractivity contribution in [3.8, 4) is 0 Å². The molecule has 0 bridgehead atoms. The number of hydroxylamine groups is 4. The van der Waals surface area contributed by atoms with E-state index in [2.05, 4.69) is 0 Å². The molecule has 0 N–H and O–H groups in total. The lowest BCUT2D eigenvalue weighted by Gasteiger charge is -2.28. The lowest BCUT2D eigenvalue weighted by atomic mass is 9.94. The van der Waals surface area contributed by atoms with Gasteiger partial charge >= 0.3 is 11.9 Å². The third-order valence-electron chi connectivity index (χ3n) is 7.56. The lowest BCUT2D eigenvalue weighted by molar-refractivity contribution is -0.185. The van der Waals surface area contributed by atoms with E-state index in [1.165, 1.54) is 46.9 Å². The minimum atomic E-state index is -0.715. The van der Waals surface area contributed by atoms with Gasteiger partial charge in [0.05, 0.1) is 25.6 Å². The summed E-state index contributed by atoms with van der Waals surface area (Å²) in [5, 5.41) is 4.37. The quantitative estimate of drug-likeness (QED) is 0.239. The summed E-state index contributed by atoms with van der Waals surface area (Å²) in [6.07, 6.45) is 6.15. The maximum Gasteiger partial charge on any atom is 0.349 e. The summed E-state index contributed by atoms with van der Waals surface area (Å²) in [7, 11) is 0. The predicted octanol–water partition coefficient (Wildman–Crippen LogP) is 6.59. The van der Waals surface area contributed by atoms with Crippen molar-refractivity contribution in [2.24, 2.45) is 0 Å². The van der Waals surface area contributed by atoms with E-state index in [-0.39, 0.29) is 11.6 Å². The first-order valence-corrected chi connectivity index (χ1v) is 13.6. The Morgan fingerprint density at radius 3 is 1.57 bits per heavy atom. The first kappa shape index (κ1) is 27.6. The van der Waals surface area contributed by atoms with Crippen LogP contribution in [0.4, 0.5) is 8.78 Å². The molecule has 2 aliphatic heterocycles.